The number of aromatic nitrogens is 1. The van der Waals surface area contributed by atoms with E-state index in [4.69, 9.17) is 20.9 Å². The molecule has 0 radical (unpaired) electrons. The number of fused-ring (bicyclic) bond motifs is 1. The quantitative estimate of drug-likeness (QED) is 0.270. The minimum absolute atomic E-state index is 0.297. The highest BCUT2D eigenvalue weighted by Gasteiger charge is 2.43. The van der Waals surface area contributed by atoms with Crippen LogP contribution in [-0.4, -0.2) is 41.9 Å². The van der Waals surface area contributed by atoms with Crippen LogP contribution >= 0.6 is 11.3 Å². The van der Waals surface area contributed by atoms with Gasteiger partial charge in [-0.15, -0.1) is 11.3 Å². The van der Waals surface area contributed by atoms with Gasteiger partial charge in [-0.3, -0.25) is 9.78 Å². The fourth-order valence-corrected chi connectivity index (χ4v) is 5.12. The SMILES string of the molecule is CC(C)(N)CC(N)C(C)(C)C(=O)OCC(C)(COc1ccc2cc(-c3cccnc3)sc2c1)CC(F)(F)F. The van der Waals surface area contributed by atoms with Gasteiger partial charge in [0.2, 0.25) is 0 Å². The fourth-order valence-electron chi connectivity index (χ4n) is 4.04. The third-order valence-corrected chi connectivity index (χ3v) is 7.55. The Balaban J connectivity index is 1.72. The van der Waals surface area contributed by atoms with E-state index in [1.807, 2.05) is 24.3 Å². The molecule has 2 aromatic heterocycles. The molecule has 0 saturated carbocycles. The summed E-state index contributed by atoms with van der Waals surface area (Å²) in [5.41, 5.74) is 9.97. The molecule has 0 aliphatic heterocycles. The lowest BCUT2D eigenvalue weighted by Crippen LogP contribution is -2.50. The third-order valence-electron chi connectivity index (χ3n) is 6.40. The van der Waals surface area contributed by atoms with Gasteiger partial charge in [0, 0.05) is 44.5 Å². The van der Waals surface area contributed by atoms with Gasteiger partial charge in [-0.1, -0.05) is 13.0 Å². The van der Waals surface area contributed by atoms with Crippen LogP contribution in [0.2, 0.25) is 0 Å². The molecule has 0 saturated heterocycles. The van der Waals surface area contributed by atoms with Crippen LogP contribution in [0.15, 0.2) is 48.8 Å². The number of carbonyl (C=O) groups excluding carboxylic acids is 1. The lowest BCUT2D eigenvalue weighted by atomic mass is 9.79. The largest absolute Gasteiger partial charge is 0.493 e. The molecule has 0 fully saturated rings. The molecule has 0 bridgehead atoms. The van der Waals surface area contributed by atoms with Crippen molar-refractivity contribution in [3.05, 3.63) is 48.8 Å². The molecule has 0 amide bonds. The first-order valence-electron chi connectivity index (χ1n) is 12.3. The number of ether oxygens (including phenoxy) is 2. The second kappa shape index (κ2) is 11.2. The van der Waals surface area contributed by atoms with E-state index in [0.29, 0.717) is 12.2 Å². The zero-order valence-corrected chi connectivity index (χ0v) is 23.2. The topological polar surface area (TPSA) is 100 Å². The molecule has 38 heavy (non-hydrogen) atoms. The first-order valence-corrected chi connectivity index (χ1v) is 13.1. The first kappa shape index (κ1) is 29.9. The molecule has 6 nitrogen and oxygen atoms in total. The van der Waals surface area contributed by atoms with E-state index in [1.54, 1.807) is 63.6 Å². The Morgan fingerprint density at radius 3 is 2.39 bits per heavy atom. The third kappa shape index (κ3) is 8.15. The minimum Gasteiger partial charge on any atom is -0.493 e. The number of pyridine rings is 1. The minimum atomic E-state index is -4.48. The zero-order valence-electron chi connectivity index (χ0n) is 22.4. The van der Waals surface area contributed by atoms with E-state index in [1.165, 1.54) is 6.92 Å². The Kier molecular flexibility index (Phi) is 8.80. The Bertz CT molecular complexity index is 1240. The summed E-state index contributed by atoms with van der Waals surface area (Å²) < 4.78 is 52.7. The van der Waals surface area contributed by atoms with E-state index >= 15 is 0 Å². The summed E-state index contributed by atoms with van der Waals surface area (Å²) in [7, 11) is 0. The number of nitrogens with two attached hydrogens (primary N) is 2. The van der Waals surface area contributed by atoms with Crippen molar-refractivity contribution in [2.24, 2.45) is 22.3 Å². The number of carbonyl (C=O) groups is 1. The van der Waals surface area contributed by atoms with E-state index in [2.05, 4.69) is 4.98 Å². The summed E-state index contributed by atoms with van der Waals surface area (Å²) >= 11 is 1.54. The van der Waals surface area contributed by atoms with E-state index in [-0.39, 0.29) is 6.61 Å². The van der Waals surface area contributed by atoms with Crippen molar-refractivity contribution in [3.63, 3.8) is 0 Å². The number of esters is 1. The Labute approximate surface area is 225 Å². The Morgan fingerprint density at radius 1 is 1.08 bits per heavy atom. The molecule has 3 aromatic rings. The summed E-state index contributed by atoms with van der Waals surface area (Å²) in [5.74, 6) is -0.241. The Hall–Kier alpha value is -2.69. The van der Waals surface area contributed by atoms with Crippen molar-refractivity contribution in [1.29, 1.82) is 0 Å². The maximum absolute atomic E-state index is 13.5. The molecule has 208 valence electrons. The van der Waals surface area contributed by atoms with Crippen LogP contribution in [-0.2, 0) is 9.53 Å². The smallest absolute Gasteiger partial charge is 0.389 e. The van der Waals surface area contributed by atoms with Crippen LogP contribution in [0, 0.1) is 10.8 Å². The second-order valence-corrected chi connectivity index (χ2v) is 12.6. The summed E-state index contributed by atoms with van der Waals surface area (Å²) in [4.78, 5) is 18.0. The molecule has 0 spiro atoms. The van der Waals surface area contributed by atoms with Gasteiger partial charge in [0.1, 0.15) is 12.4 Å². The van der Waals surface area contributed by atoms with Crippen molar-refractivity contribution in [1.82, 2.24) is 4.98 Å². The zero-order chi connectivity index (χ0) is 28.4. The number of hydrogen-bond donors (Lipinski definition) is 2. The number of benzene rings is 1. The monoisotopic (exact) mass is 551 g/mol. The van der Waals surface area contributed by atoms with E-state index in [9.17, 15) is 18.0 Å². The predicted octanol–water partition coefficient (Wildman–Crippen LogP) is 6.32. The molecule has 10 heteroatoms. The van der Waals surface area contributed by atoms with Crippen LogP contribution in [0.1, 0.15) is 47.5 Å². The molecule has 3 rings (SSSR count). The molecular weight excluding hydrogens is 515 g/mol. The van der Waals surface area contributed by atoms with Crippen molar-refractivity contribution in [3.8, 4) is 16.2 Å². The number of rotatable bonds is 11. The number of hydrogen-bond acceptors (Lipinski definition) is 7. The highest BCUT2D eigenvalue weighted by Crippen LogP contribution is 2.38. The number of halogens is 3. The second-order valence-electron chi connectivity index (χ2n) is 11.5. The molecule has 2 atom stereocenters. The number of nitrogens with zero attached hydrogens (tertiary/aromatic N) is 1. The van der Waals surface area contributed by atoms with Gasteiger partial charge in [0.15, 0.2) is 0 Å². The maximum Gasteiger partial charge on any atom is 0.389 e. The molecule has 2 heterocycles. The van der Waals surface area contributed by atoms with E-state index < -0.39 is 47.6 Å². The van der Waals surface area contributed by atoms with Crippen LogP contribution in [0.5, 0.6) is 5.75 Å². The van der Waals surface area contributed by atoms with Gasteiger partial charge in [0.25, 0.3) is 0 Å². The first-order chi connectivity index (χ1) is 17.5. The molecule has 0 aliphatic carbocycles. The van der Waals surface area contributed by atoms with Crippen molar-refractivity contribution >= 4 is 27.4 Å². The molecule has 2 unspecified atom stereocenters. The summed E-state index contributed by atoms with van der Waals surface area (Å²) in [6, 6.07) is 10.6. The van der Waals surface area contributed by atoms with Gasteiger partial charge in [-0.25, -0.2) is 0 Å². The lowest BCUT2D eigenvalue weighted by molar-refractivity contribution is -0.179. The van der Waals surface area contributed by atoms with Gasteiger partial charge < -0.3 is 20.9 Å². The highest BCUT2D eigenvalue weighted by molar-refractivity contribution is 7.22. The maximum atomic E-state index is 13.5. The van der Waals surface area contributed by atoms with Crippen LogP contribution in [0.3, 0.4) is 0 Å². The van der Waals surface area contributed by atoms with Crippen LogP contribution < -0.4 is 16.2 Å². The van der Waals surface area contributed by atoms with Gasteiger partial charge >= 0.3 is 12.1 Å². The highest BCUT2D eigenvalue weighted by atomic mass is 32.1. The molecular formula is C28H36F3N3O3S. The summed E-state index contributed by atoms with van der Waals surface area (Å²) in [6.45, 7) is 7.43. The number of thiophene rings is 1. The van der Waals surface area contributed by atoms with Crippen molar-refractivity contribution in [2.45, 2.75) is 65.2 Å². The average molecular weight is 552 g/mol. The number of alkyl halides is 3. The van der Waals surface area contributed by atoms with Crippen LogP contribution in [0.25, 0.3) is 20.5 Å². The fraction of sp³-hybridized carbons (Fsp3) is 0.500. The lowest BCUT2D eigenvalue weighted by Gasteiger charge is -2.35. The normalized spacial score (nSPS) is 15.2. The average Bonchev–Trinajstić information content (AvgIpc) is 3.23. The standard InChI is InChI=1S/C28H36F3N3O3S/c1-25(2,33)13-23(32)26(3,4)24(35)37-17-27(5,15-28(29,30)31)16-36-20-9-8-18-11-21(38-22(18)12-20)19-7-6-10-34-14-19/h6-12,14,23H,13,15-17,32-33H2,1-5H3. The van der Waals surface area contributed by atoms with Gasteiger partial charge in [-0.2, -0.15) is 13.2 Å². The predicted molar refractivity (Wildman–Crippen MR) is 145 cm³/mol. The van der Waals surface area contributed by atoms with Gasteiger partial charge in [-0.05, 0) is 69.8 Å². The van der Waals surface area contributed by atoms with E-state index in [0.717, 1.165) is 20.5 Å². The van der Waals surface area contributed by atoms with Gasteiger partial charge in [0.05, 0.1) is 18.4 Å². The van der Waals surface area contributed by atoms with Crippen molar-refractivity contribution in [2.75, 3.05) is 13.2 Å². The molecule has 0 aliphatic rings. The molecule has 4 N–H and O–H groups in total. The Morgan fingerprint density at radius 2 is 1.79 bits per heavy atom. The van der Waals surface area contributed by atoms with Crippen molar-refractivity contribution < 1.29 is 27.4 Å². The summed E-state index contributed by atoms with van der Waals surface area (Å²) in [6.07, 6.45) is -1.84. The van der Waals surface area contributed by atoms with Crippen LogP contribution in [0.4, 0.5) is 13.2 Å². The summed E-state index contributed by atoms with van der Waals surface area (Å²) in [5, 5.41) is 0.993. The molecule has 1 aromatic carbocycles.